The van der Waals surface area contributed by atoms with Gasteiger partial charge in [-0.1, -0.05) is 48.5 Å². The predicted octanol–water partition coefficient (Wildman–Crippen LogP) is 5.36. The Morgan fingerprint density at radius 2 is 2.10 bits per heavy atom. The number of nitriles is 1. The molecule has 1 aliphatic carbocycles. The zero-order valence-corrected chi connectivity index (χ0v) is 24.4. The van der Waals surface area contributed by atoms with Crippen LogP contribution in [0.15, 0.2) is 49.0 Å². The van der Waals surface area contributed by atoms with Crippen molar-refractivity contribution in [3.05, 3.63) is 70.8 Å². The van der Waals surface area contributed by atoms with Gasteiger partial charge in [0, 0.05) is 41.6 Å². The quantitative estimate of drug-likeness (QED) is 0.345. The van der Waals surface area contributed by atoms with Crippen LogP contribution in [0.4, 0.5) is 5.82 Å². The number of ether oxygens (including phenoxy) is 1. The molecule has 3 aromatic rings. The molecule has 2 aliphatic heterocycles. The Balaban J connectivity index is 1.38. The van der Waals surface area contributed by atoms with E-state index in [2.05, 4.69) is 47.2 Å². The molecule has 1 aromatic heterocycles. The second kappa shape index (κ2) is 12.1. The van der Waals surface area contributed by atoms with E-state index in [-0.39, 0.29) is 25.0 Å². The molecular weight excluding hydrogens is 548 g/mol. The molecule has 8 nitrogen and oxygen atoms in total. The SMILES string of the molecule is [2H]C([2H])=C([2H])C(=O)N1CCN(c2nc(OC[C@@H]3CCCN3C)nc3c2CCC(c2cccc4cccc(Cl)c24)=C3)C[C@@H]1CC#N. The standard InChI is InChI=1S/C33H35ClN6O2/c1-3-30(41)40-18-17-39(20-24(40)14-15-35)32-27-13-12-23(26-10-4-7-22-8-5-11-28(34)31(22)26)19-29(27)36-33(37-32)42-21-25-9-6-16-38(25)2/h3-5,7-8,10-11,19,24-25H,1,6,9,12-14,16-18,20-21H2,2H3/t24-,25-/m0/s1/i1D2,3D. The van der Waals surface area contributed by atoms with Crippen LogP contribution in [0.2, 0.25) is 5.02 Å². The van der Waals surface area contributed by atoms with Gasteiger partial charge in [0.05, 0.1) is 28.3 Å². The van der Waals surface area contributed by atoms with E-state index in [0.717, 1.165) is 64.8 Å². The summed E-state index contributed by atoms with van der Waals surface area (Å²) in [5.41, 5.74) is 3.95. The first-order chi connectivity index (χ1) is 21.7. The molecule has 6 rings (SSSR count). The molecule has 0 radical (unpaired) electrons. The Morgan fingerprint density at radius 3 is 2.88 bits per heavy atom. The largest absolute Gasteiger partial charge is 0.462 e. The number of rotatable bonds is 7. The topological polar surface area (TPSA) is 85.6 Å². The summed E-state index contributed by atoms with van der Waals surface area (Å²) in [5.74, 6) is 0.0185. The molecule has 0 N–H and O–H groups in total. The molecule has 42 heavy (non-hydrogen) atoms. The highest BCUT2D eigenvalue weighted by molar-refractivity contribution is 6.36. The zero-order chi connectivity index (χ0) is 31.7. The number of fused-ring (bicyclic) bond motifs is 2. The Morgan fingerprint density at radius 1 is 1.24 bits per heavy atom. The van der Waals surface area contributed by atoms with E-state index in [9.17, 15) is 10.1 Å². The number of anilines is 1. The third-order valence-corrected chi connectivity index (χ3v) is 9.02. The first-order valence-corrected chi connectivity index (χ1v) is 14.8. The van der Waals surface area contributed by atoms with E-state index < -0.39 is 24.5 Å². The molecule has 2 atom stereocenters. The fourth-order valence-corrected chi connectivity index (χ4v) is 6.74. The fraction of sp³-hybridized carbons (Fsp3) is 0.394. The Hall–Kier alpha value is -3.93. The predicted molar refractivity (Wildman–Crippen MR) is 166 cm³/mol. The minimum atomic E-state index is -0.840. The monoisotopic (exact) mass is 585 g/mol. The molecule has 1 amide bonds. The molecule has 0 unspecified atom stereocenters. The van der Waals surface area contributed by atoms with Crippen LogP contribution in [-0.4, -0.2) is 77.6 Å². The number of aromatic nitrogens is 2. The van der Waals surface area contributed by atoms with Crippen LogP contribution in [0.5, 0.6) is 6.01 Å². The highest BCUT2D eigenvalue weighted by Crippen LogP contribution is 2.39. The minimum Gasteiger partial charge on any atom is -0.462 e. The van der Waals surface area contributed by atoms with Gasteiger partial charge in [-0.05, 0) is 74.0 Å². The van der Waals surface area contributed by atoms with Crippen LogP contribution >= 0.6 is 11.6 Å². The van der Waals surface area contributed by atoms with E-state index in [0.29, 0.717) is 31.1 Å². The van der Waals surface area contributed by atoms with Gasteiger partial charge in [0.1, 0.15) is 12.4 Å². The fourth-order valence-electron chi connectivity index (χ4n) is 6.45. The number of piperazine rings is 1. The van der Waals surface area contributed by atoms with E-state index in [4.69, 9.17) is 30.4 Å². The van der Waals surface area contributed by atoms with Crippen LogP contribution < -0.4 is 9.64 Å². The van der Waals surface area contributed by atoms with Crippen molar-refractivity contribution in [3.63, 3.8) is 0 Å². The lowest BCUT2D eigenvalue weighted by Gasteiger charge is -2.41. The van der Waals surface area contributed by atoms with Crippen molar-refractivity contribution >= 4 is 45.7 Å². The van der Waals surface area contributed by atoms with Gasteiger partial charge in [-0.15, -0.1) is 0 Å². The number of amides is 1. The molecule has 2 fully saturated rings. The van der Waals surface area contributed by atoms with E-state index in [1.807, 2.05) is 18.2 Å². The van der Waals surface area contributed by atoms with Gasteiger partial charge < -0.3 is 19.4 Å². The van der Waals surface area contributed by atoms with Crippen molar-refractivity contribution in [2.45, 2.75) is 44.2 Å². The van der Waals surface area contributed by atoms with Crippen molar-refractivity contribution in [1.29, 1.82) is 5.26 Å². The summed E-state index contributed by atoms with van der Waals surface area (Å²) < 4.78 is 29.0. The molecule has 0 saturated carbocycles. The van der Waals surface area contributed by atoms with Crippen molar-refractivity contribution in [2.24, 2.45) is 0 Å². The molecular formula is C33H35ClN6O2. The molecule has 9 heteroatoms. The summed E-state index contributed by atoms with van der Waals surface area (Å²) >= 11 is 6.69. The molecule has 3 heterocycles. The number of carbonyl (C=O) groups is 1. The molecule has 0 spiro atoms. The number of hydrogen-bond acceptors (Lipinski definition) is 7. The van der Waals surface area contributed by atoms with Crippen molar-refractivity contribution in [3.8, 4) is 12.1 Å². The van der Waals surface area contributed by atoms with Gasteiger partial charge in [-0.2, -0.15) is 15.2 Å². The van der Waals surface area contributed by atoms with E-state index >= 15 is 0 Å². The third kappa shape index (κ3) is 5.47. The second-order valence-electron chi connectivity index (χ2n) is 11.2. The zero-order valence-electron chi connectivity index (χ0n) is 26.6. The average molecular weight is 586 g/mol. The summed E-state index contributed by atoms with van der Waals surface area (Å²) in [6, 6.07) is 13.7. The van der Waals surface area contributed by atoms with Crippen LogP contribution in [-0.2, 0) is 11.2 Å². The van der Waals surface area contributed by atoms with E-state index in [1.54, 1.807) is 0 Å². The Kier molecular flexibility index (Phi) is 7.12. The lowest BCUT2D eigenvalue weighted by molar-refractivity contribution is -0.128. The minimum absolute atomic E-state index is 0.0530. The Labute approximate surface area is 256 Å². The number of likely N-dealkylation sites (tertiary alicyclic amines) is 1. The summed E-state index contributed by atoms with van der Waals surface area (Å²) in [6.07, 6.45) is 5.77. The number of hydrogen-bond donors (Lipinski definition) is 0. The maximum absolute atomic E-state index is 12.9. The average Bonchev–Trinajstić information content (AvgIpc) is 3.46. The number of halogens is 1. The molecule has 2 aromatic carbocycles. The summed E-state index contributed by atoms with van der Waals surface area (Å²) in [5, 5.41) is 12.4. The lowest BCUT2D eigenvalue weighted by atomic mass is 9.88. The van der Waals surface area contributed by atoms with Crippen LogP contribution in [0.3, 0.4) is 0 Å². The smallest absolute Gasteiger partial charge is 0.318 e. The number of allylic oxidation sites excluding steroid dienone is 1. The maximum Gasteiger partial charge on any atom is 0.318 e. The van der Waals surface area contributed by atoms with Crippen LogP contribution in [0.25, 0.3) is 22.4 Å². The third-order valence-electron chi connectivity index (χ3n) is 8.71. The van der Waals surface area contributed by atoms with Gasteiger partial charge in [0.25, 0.3) is 0 Å². The normalized spacial score (nSPS) is 21.5. The maximum atomic E-state index is 12.9. The Bertz CT molecular complexity index is 1730. The van der Waals surface area contributed by atoms with Crippen molar-refractivity contribution in [2.75, 3.05) is 44.7 Å². The number of nitrogens with zero attached hydrogens (tertiary/aromatic N) is 6. The van der Waals surface area contributed by atoms with Crippen LogP contribution in [0, 0.1) is 11.3 Å². The highest BCUT2D eigenvalue weighted by Gasteiger charge is 2.33. The first-order valence-electron chi connectivity index (χ1n) is 15.9. The van der Waals surface area contributed by atoms with Crippen molar-refractivity contribution in [1.82, 2.24) is 19.8 Å². The summed E-state index contributed by atoms with van der Waals surface area (Å²) in [7, 11) is 2.10. The molecule has 216 valence electrons. The van der Waals surface area contributed by atoms with E-state index in [1.165, 1.54) is 4.90 Å². The van der Waals surface area contributed by atoms with Gasteiger partial charge in [0.15, 0.2) is 0 Å². The highest BCUT2D eigenvalue weighted by atomic mass is 35.5. The van der Waals surface area contributed by atoms with Gasteiger partial charge in [-0.3, -0.25) is 4.79 Å². The number of likely N-dealkylation sites (N-methyl/N-ethyl adjacent to an activating group) is 1. The van der Waals surface area contributed by atoms with Gasteiger partial charge in [0.2, 0.25) is 5.91 Å². The van der Waals surface area contributed by atoms with Gasteiger partial charge in [-0.25, -0.2) is 0 Å². The van der Waals surface area contributed by atoms with Crippen LogP contribution in [0.1, 0.15) is 46.6 Å². The first kappa shape index (κ1) is 24.6. The molecule has 2 saturated heterocycles. The summed E-state index contributed by atoms with van der Waals surface area (Å²) in [6.45, 7) is 1.64. The summed E-state index contributed by atoms with van der Waals surface area (Å²) in [4.78, 5) is 28.5. The lowest BCUT2D eigenvalue weighted by Crippen LogP contribution is -2.55. The second-order valence-corrected chi connectivity index (χ2v) is 11.6. The molecule has 3 aliphatic rings. The van der Waals surface area contributed by atoms with Gasteiger partial charge >= 0.3 is 6.01 Å². The molecule has 0 bridgehead atoms. The van der Waals surface area contributed by atoms with Crippen molar-refractivity contribution < 1.29 is 13.6 Å². The number of carbonyl (C=O) groups excluding carboxylic acids is 1. The number of benzene rings is 2.